The molecule has 0 amide bonds. The Morgan fingerprint density at radius 2 is 1.38 bits per heavy atom. The number of phenolic OH excluding ortho intramolecular Hbond substituents is 2. The SMILES string of the molecule is O=c1c(-c2ccc(O)c(O)c2)coc2c([C@@H]3O[C@H](CO)[C@@H](O)[C@H](O)[C@H]3O)c(O[C@@H]3O[C@H](CO)[C@@H](O)[C@H](O)[C@H]3O)ccc12. The zero-order chi connectivity index (χ0) is 30.5. The average Bonchev–Trinajstić information content (AvgIpc) is 2.98. The Hall–Kier alpha value is -3.35. The Balaban J connectivity index is 1.66. The second-order valence-electron chi connectivity index (χ2n) is 10.1. The van der Waals surface area contributed by atoms with Crippen LogP contribution in [0.3, 0.4) is 0 Å². The molecule has 0 saturated carbocycles. The van der Waals surface area contributed by atoms with Crippen molar-refractivity contribution in [3.05, 3.63) is 52.4 Å². The molecule has 15 nitrogen and oxygen atoms in total. The number of rotatable bonds is 6. The number of fused-ring (bicyclic) bond motifs is 1. The van der Waals surface area contributed by atoms with Crippen molar-refractivity contribution in [1.29, 1.82) is 0 Å². The highest BCUT2D eigenvalue weighted by Crippen LogP contribution is 2.42. The first-order valence-corrected chi connectivity index (χ1v) is 12.9. The third-order valence-corrected chi connectivity index (χ3v) is 7.49. The highest BCUT2D eigenvalue weighted by atomic mass is 16.7. The molecule has 10 N–H and O–H groups in total. The number of hydrogen-bond acceptors (Lipinski definition) is 15. The maximum atomic E-state index is 13.6. The Morgan fingerprint density at radius 3 is 2.02 bits per heavy atom. The number of hydrogen-bond donors (Lipinski definition) is 10. The van der Waals surface area contributed by atoms with E-state index in [2.05, 4.69) is 0 Å². The molecule has 15 heteroatoms. The summed E-state index contributed by atoms with van der Waals surface area (Å²) in [5.41, 5.74) is -0.916. The minimum atomic E-state index is -1.86. The summed E-state index contributed by atoms with van der Waals surface area (Å²) >= 11 is 0. The number of aromatic hydroxyl groups is 2. The summed E-state index contributed by atoms with van der Waals surface area (Å²) in [4.78, 5) is 13.6. The van der Waals surface area contributed by atoms with Crippen LogP contribution >= 0.6 is 0 Å². The summed E-state index contributed by atoms with van der Waals surface area (Å²) in [6.07, 6.45) is -15.7. The first kappa shape index (κ1) is 30.1. The van der Waals surface area contributed by atoms with Crippen LogP contribution in [0.25, 0.3) is 22.1 Å². The second kappa shape index (κ2) is 11.7. The van der Waals surface area contributed by atoms with Crippen molar-refractivity contribution in [3.63, 3.8) is 0 Å². The quantitative estimate of drug-likeness (QED) is 0.133. The Morgan fingerprint density at radius 1 is 0.738 bits per heavy atom. The molecule has 3 heterocycles. The molecule has 0 bridgehead atoms. The maximum absolute atomic E-state index is 13.6. The van der Waals surface area contributed by atoms with Gasteiger partial charge in [-0.2, -0.15) is 0 Å². The summed E-state index contributed by atoms with van der Waals surface area (Å²) in [6, 6.07) is 6.16. The van der Waals surface area contributed by atoms with Gasteiger partial charge in [-0.15, -0.1) is 0 Å². The number of ether oxygens (including phenoxy) is 3. The summed E-state index contributed by atoms with van der Waals surface area (Å²) in [5, 5.41) is 101. The van der Waals surface area contributed by atoms with E-state index in [1.54, 1.807) is 0 Å². The van der Waals surface area contributed by atoms with Crippen LogP contribution in [0.1, 0.15) is 11.7 Å². The van der Waals surface area contributed by atoms with Crippen molar-refractivity contribution in [3.8, 4) is 28.4 Å². The van der Waals surface area contributed by atoms with Crippen molar-refractivity contribution < 1.29 is 69.7 Å². The Labute approximate surface area is 236 Å². The van der Waals surface area contributed by atoms with Crippen LogP contribution in [0.15, 0.2) is 45.8 Å². The van der Waals surface area contributed by atoms with Gasteiger partial charge < -0.3 is 69.7 Å². The molecule has 10 atom stereocenters. The molecule has 0 aliphatic carbocycles. The van der Waals surface area contributed by atoms with Gasteiger partial charge in [0.1, 0.15) is 72.5 Å². The summed E-state index contributed by atoms with van der Waals surface area (Å²) < 4.78 is 22.7. The third-order valence-electron chi connectivity index (χ3n) is 7.49. The van der Waals surface area contributed by atoms with Crippen molar-refractivity contribution in [2.45, 2.75) is 61.2 Å². The highest BCUT2D eigenvalue weighted by Gasteiger charge is 2.48. The molecule has 228 valence electrons. The van der Waals surface area contributed by atoms with E-state index >= 15 is 0 Å². The van der Waals surface area contributed by atoms with Gasteiger partial charge in [-0.05, 0) is 29.8 Å². The molecule has 5 rings (SSSR count). The molecule has 0 unspecified atom stereocenters. The predicted molar refractivity (Wildman–Crippen MR) is 138 cm³/mol. The fourth-order valence-electron chi connectivity index (χ4n) is 5.10. The molecule has 0 spiro atoms. The van der Waals surface area contributed by atoms with Crippen molar-refractivity contribution in [1.82, 2.24) is 0 Å². The fraction of sp³-hybridized carbons (Fsp3) is 0.444. The van der Waals surface area contributed by atoms with Crippen molar-refractivity contribution in [2.75, 3.05) is 13.2 Å². The fourth-order valence-corrected chi connectivity index (χ4v) is 5.10. The van der Waals surface area contributed by atoms with Gasteiger partial charge in [-0.25, -0.2) is 0 Å². The van der Waals surface area contributed by atoms with E-state index in [-0.39, 0.29) is 33.4 Å². The molecule has 2 aliphatic rings. The van der Waals surface area contributed by atoms with E-state index in [0.717, 1.165) is 12.3 Å². The molecule has 2 aliphatic heterocycles. The van der Waals surface area contributed by atoms with Gasteiger partial charge in [-0.3, -0.25) is 4.79 Å². The first-order chi connectivity index (χ1) is 20.0. The lowest BCUT2D eigenvalue weighted by Gasteiger charge is -2.42. The minimum absolute atomic E-state index is 0.0276. The van der Waals surface area contributed by atoms with E-state index < -0.39 is 91.4 Å². The zero-order valence-electron chi connectivity index (χ0n) is 21.7. The molecule has 3 aromatic rings. The van der Waals surface area contributed by atoms with Gasteiger partial charge in [0, 0.05) is 0 Å². The summed E-state index contributed by atoms with van der Waals surface area (Å²) in [7, 11) is 0. The third kappa shape index (κ3) is 5.09. The van der Waals surface area contributed by atoms with Crippen LogP contribution in [0, 0.1) is 0 Å². The number of phenols is 2. The van der Waals surface area contributed by atoms with Crippen LogP contribution in [0.5, 0.6) is 17.2 Å². The standard InChI is InChI=1S/C27H30O15/c28-6-15-19(33)21(35)23(37)26(40-15)17-14(41-27-24(38)22(36)20(34)16(7-29)42-27)4-2-10-18(32)11(8-39-25(10)17)9-1-3-12(30)13(31)5-9/h1-5,8,15-16,19-24,26-31,33-38H,6-7H2/t15-,16-,19-,20-,21+,22+,23-,24-,26+,27-/m1/s1. The zero-order valence-corrected chi connectivity index (χ0v) is 21.7. The van der Waals surface area contributed by atoms with E-state index in [0.29, 0.717) is 0 Å². The molecule has 2 saturated heterocycles. The van der Waals surface area contributed by atoms with Crippen LogP contribution in [0.2, 0.25) is 0 Å². The molecule has 2 fully saturated rings. The lowest BCUT2D eigenvalue weighted by atomic mass is 9.89. The Bertz CT molecular complexity index is 1490. The number of benzene rings is 2. The topological polar surface area (TPSA) is 260 Å². The van der Waals surface area contributed by atoms with Gasteiger partial charge >= 0.3 is 0 Å². The first-order valence-electron chi connectivity index (χ1n) is 12.9. The van der Waals surface area contributed by atoms with Gasteiger partial charge in [-0.1, -0.05) is 6.07 Å². The molecule has 1 aromatic heterocycles. The summed E-state index contributed by atoms with van der Waals surface area (Å²) in [6.45, 7) is -1.51. The van der Waals surface area contributed by atoms with Crippen LogP contribution < -0.4 is 10.2 Å². The molecular weight excluding hydrogens is 564 g/mol. The Kier molecular flexibility index (Phi) is 8.41. The highest BCUT2D eigenvalue weighted by molar-refractivity contribution is 5.86. The van der Waals surface area contributed by atoms with E-state index in [1.807, 2.05) is 0 Å². The van der Waals surface area contributed by atoms with Gasteiger partial charge in [0.05, 0.1) is 29.7 Å². The van der Waals surface area contributed by atoms with Gasteiger partial charge in [0.15, 0.2) is 11.5 Å². The molecule has 42 heavy (non-hydrogen) atoms. The number of aliphatic hydroxyl groups excluding tert-OH is 8. The lowest BCUT2D eigenvalue weighted by Crippen LogP contribution is -2.60. The molecular formula is C27H30O15. The largest absolute Gasteiger partial charge is 0.504 e. The van der Waals surface area contributed by atoms with Crippen molar-refractivity contribution >= 4 is 11.0 Å². The molecule has 2 aromatic carbocycles. The van der Waals surface area contributed by atoms with E-state index in [9.17, 15) is 55.9 Å². The monoisotopic (exact) mass is 594 g/mol. The van der Waals surface area contributed by atoms with Gasteiger partial charge in [0.25, 0.3) is 0 Å². The summed E-state index contributed by atoms with van der Waals surface area (Å²) in [5.74, 6) is -1.16. The van der Waals surface area contributed by atoms with Crippen LogP contribution in [-0.2, 0) is 9.47 Å². The van der Waals surface area contributed by atoms with E-state index in [1.165, 1.54) is 24.3 Å². The second-order valence-corrected chi connectivity index (χ2v) is 10.1. The van der Waals surface area contributed by atoms with E-state index in [4.69, 9.17) is 18.6 Å². The smallest absolute Gasteiger partial charge is 0.229 e. The van der Waals surface area contributed by atoms with Gasteiger partial charge in [0.2, 0.25) is 11.7 Å². The average molecular weight is 595 g/mol. The van der Waals surface area contributed by atoms with Crippen LogP contribution in [0.4, 0.5) is 0 Å². The lowest BCUT2D eigenvalue weighted by molar-refractivity contribution is -0.278. The van der Waals surface area contributed by atoms with Crippen molar-refractivity contribution in [2.24, 2.45) is 0 Å². The predicted octanol–water partition coefficient (Wildman–Crippen LogP) is -2.44. The number of aliphatic hydroxyl groups is 8. The maximum Gasteiger partial charge on any atom is 0.229 e. The minimum Gasteiger partial charge on any atom is -0.504 e. The van der Waals surface area contributed by atoms with Crippen LogP contribution in [-0.4, -0.2) is 119 Å². The normalized spacial score (nSPS) is 33.5. The molecule has 0 radical (unpaired) electrons.